The molecule has 0 radical (unpaired) electrons. The summed E-state index contributed by atoms with van der Waals surface area (Å²) in [5.74, 6) is -0.375. The Hall–Kier alpha value is -2.36. The van der Waals surface area contributed by atoms with Crippen LogP contribution in [0.2, 0.25) is 0 Å². The zero-order chi connectivity index (χ0) is 11.8. The Morgan fingerprint density at radius 2 is 2.12 bits per heavy atom. The monoisotopic (exact) mass is 225 g/mol. The van der Waals surface area contributed by atoms with Gasteiger partial charge in [-0.05, 0) is 24.3 Å². The molecule has 0 fully saturated rings. The number of nitrogens with two attached hydrogens (primary N) is 1. The Morgan fingerprint density at radius 3 is 2.94 bits per heavy atom. The summed E-state index contributed by atoms with van der Waals surface area (Å²) >= 11 is 0. The quantitative estimate of drug-likeness (QED) is 0.787. The summed E-state index contributed by atoms with van der Waals surface area (Å²) in [7, 11) is 0. The molecule has 1 aromatic rings. The van der Waals surface area contributed by atoms with E-state index in [-0.39, 0.29) is 5.91 Å². The van der Waals surface area contributed by atoms with Crippen LogP contribution in [0.25, 0.3) is 0 Å². The van der Waals surface area contributed by atoms with Crippen molar-refractivity contribution in [3.05, 3.63) is 47.7 Å². The lowest BCUT2D eigenvalue weighted by Gasteiger charge is -2.31. The molecule has 0 spiro atoms. The van der Waals surface area contributed by atoms with Crippen LogP contribution in [0.5, 0.6) is 0 Å². The van der Waals surface area contributed by atoms with Crippen molar-refractivity contribution in [1.82, 2.24) is 0 Å². The van der Waals surface area contributed by atoms with Crippen LogP contribution in [0, 0.1) is 0 Å². The average Bonchev–Trinajstić information content (AvgIpc) is 2.38. The topological polar surface area (TPSA) is 58.7 Å². The molecular formula is C13H11N3O. The first-order chi connectivity index (χ1) is 8.25. The van der Waals surface area contributed by atoms with Gasteiger partial charge in [-0.2, -0.15) is 0 Å². The van der Waals surface area contributed by atoms with Gasteiger partial charge < -0.3 is 10.6 Å². The highest BCUT2D eigenvalue weighted by atomic mass is 16.1. The van der Waals surface area contributed by atoms with Crippen molar-refractivity contribution in [3.63, 3.8) is 0 Å². The number of hydrogen-bond donors (Lipinski definition) is 1. The third kappa shape index (κ3) is 1.54. The maximum absolute atomic E-state index is 11.2. The molecule has 0 aliphatic carbocycles. The van der Waals surface area contributed by atoms with E-state index in [1.807, 2.05) is 35.2 Å². The SMILES string of the molecule is NC(=O)C1=CC=C2C=Nc3ccccc3N2C1. The molecular weight excluding hydrogens is 214 g/mol. The molecule has 4 nitrogen and oxygen atoms in total. The number of benzene rings is 1. The Bertz CT molecular complexity index is 584. The lowest BCUT2D eigenvalue weighted by molar-refractivity contribution is -0.114. The van der Waals surface area contributed by atoms with Crippen molar-refractivity contribution in [2.24, 2.45) is 10.7 Å². The van der Waals surface area contributed by atoms with Gasteiger partial charge in [0.05, 0.1) is 29.8 Å². The molecule has 3 rings (SSSR count). The first-order valence-corrected chi connectivity index (χ1v) is 5.37. The van der Waals surface area contributed by atoms with Gasteiger partial charge in [0.1, 0.15) is 0 Å². The van der Waals surface area contributed by atoms with Gasteiger partial charge in [-0.25, -0.2) is 0 Å². The predicted octanol–water partition coefficient (Wildman–Crippen LogP) is 1.52. The van der Waals surface area contributed by atoms with Gasteiger partial charge >= 0.3 is 0 Å². The van der Waals surface area contributed by atoms with Crippen LogP contribution in [0.1, 0.15) is 0 Å². The highest BCUT2D eigenvalue weighted by Gasteiger charge is 2.23. The van der Waals surface area contributed by atoms with Crippen LogP contribution in [0.4, 0.5) is 11.4 Å². The number of aliphatic imine (C=N–C) groups is 1. The molecule has 0 saturated carbocycles. The molecule has 2 heterocycles. The molecule has 0 saturated heterocycles. The molecule has 0 bridgehead atoms. The minimum atomic E-state index is -0.375. The van der Waals surface area contributed by atoms with Crippen LogP contribution >= 0.6 is 0 Å². The van der Waals surface area contributed by atoms with Crippen LogP contribution in [0.3, 0.4) is 0 Å². The van der Waals surface area contributed by atoms with Gasteiger partial charge in [0, 0.05) is 5.57 Å². The standard InChI is InChI=1S/C13H11N3O/c14-13(17)9-5-6-10-7-15-11-3-1-2-4-12(11)16(10)8-9/h1-7H,8H2,(H2,14,17). The fourth-order valence-electron chi connectivity index (χ4n) is 2.02. The van der Waals surface area contributed by atoms with E-state index >= 15 is 0 Å². The van der Waals surface area contributed by atoms with Crippen molar-refractivity contribution < 1.29 is 4.79 Å². The summed E-state index contributed by atoms with van der Waals surface area (Å²) in [4.78, 5) is 17.6. The van der Waals surface area contributed by atoms with Crippen LogP contribution in [0.15, 0.2) is 52.7 Å². The average molecular weight is 225 g/mol. The first-order valence-electron chi connectivity index (χ1n) is 5.37. The normalized spacial score (nSPS) is 16.8. The summed E-state index contributed by atoms with van der Waals surface area (Å²) < 4.78 is 0. The zero-order valence-corrected chi connectivity index (χ0v) is 9.13. The van der Waals surface area contributed by atoms with E-state index in [0.29, 0.717) is 12.1 Å². The van der Waals surface area contributed by atoms with E-state index in [2.05, 4.69) is 4.99 Å². The van der Waals surface area contributed by atoms with Crippen LogP contribution in [-0.2, 0) is 4.79 Å². The van der Waals surface area contributed by atoms with Gasteiger partial charge in [-0.1, -0.05) is 12.1 Å². The van der Waals surface area contributed by atoms with Gasteiger partial charge in [-0.3, -0.25) is 9.79 Å². The van der Waals surface area contributed by atoms with E-state index in [1.165, 1.54) is 0 Å². The molecule has 1 amide bonds. The third-order valence-corrected chi connectivity index (χ3v) is 2.92. The van der Waals surface area contributed by atoms with Crippen molar-refractivity contribution in [2.45, 2.75) is 0 Å². The van der Waals surface area contributed by atoms with Crippen molar-refractivity contribution in [3.8, 4) is 0 Å². The molecule has 2 aliphatic heterocycles. The Kier molecular flexibility index (Phi) is 2.08. The number of para-hydroxylation sites is 2. The number of anilines is 1. The van der Waals surface area contributed by atoms with E-state index in [0.717, 1.165) is 17.1 Å². The molecule has 0 atom stereocenters. The summed E-state index contributed by atoms with van der Waals surface area (Å²) in [5.41, 5.74) is 8.82. The lowest BCUT2D eigenvalue weighted by Crippen LogP contribution is -2.33. The molecule has 4 heteroatoms. The van der Waals surface area contributed by atoms with Crippen LogP contribution in [-0.4, -0.2) is 18.7 Å². The van der Waals surface area contributed by atoms with E-state index in [9.17, 15) is 4.79 Å². The summed E-state index contributed by atoms with van der Waals surface area (Å²) in [6, 6.07) is 7.84. The highest BCUT2D eigenvalue weighted by molar-refractivity contribution is 5.99. The van der Waals surface area contributed by atoms with E-state index < -0.39 is 0 Å². The number of carbonyl (C=O) groups excluding carboxylic acids is 1. The minimum absolute atomic E-state index is 0.375. The number of carbonyl (C=O) groups is 1. The Labute approximate surface area is 98.8 Å². The number of allylic oxidation sites excluding steroid dienone is 3. The van der Waals surface area contributed by atoms with Gasteiger partial charge in [0.2, 0.25) is 5.91 Å². The van der Waals surface area contributed by atoms with Gasteiger partial charge in [0.25, 0.3) is 0 Å². The lowest BCUT2D eigenvalue weighted by atomic mass is 10.1. The number of hydrogen-bond acceptors (Lipinski definition) is 3. The largest absolute Gasteiger partial charge is 0.366 e. The first kappa shape index (κ1) is 9.84. The number of rotatable bonds is 1. The second kappa shape index (κ2) is 3.59. The Balaban J connectivity index is 2.08. The molecule has 1 aromatic carbocycles. The maximum atomic E-state index is 11.2. The molecule has 0 aromatic heterocycles. The van der Waals surface area contributed by atoms with Crippen molar-refractivity contribution >= 4 is 23.5 Å². The highest BCUT2D eigenvalue weighted by Crippen LogP contribution is 2.35. The molecule has 0 unspecified atom stereocenters. The molecule has 84 valence electrons. The van der Waals surface area contributed by atoms with Gasteiger partial charge in [0.15, 0.2) is 0 Å². The fraction of sp³-hybridized carbons (Fsp3) is 0.0769. The second-order valence-corrected chi connectivity index (χ2v) is 3.98. The van der Waals surface area contributed by atoms with Gasteiger partial charge in [-0.15, -0.1) is 0 Å². The summed E-state index contributed by atoms with van der Waals surface area (Å²) in [5, 5.41) is 0. The van der Waals surface area contributed by atoms with Crippen LogP contribution < -0.4 is 10.6 Å². The number of primary amides is 1. The maximum Gasteiger partial charge on any atom is 0.246 e. The summed E-state index contributed by atoms with van der Waals surface area (Å²) in [6.45, 7) is 0.504. The number of nitrogens with zero attached hydrogens (tertiary/aromatic N) is 2. The Morgan fingerprint density at radius 1 is 1.29 bits per heavy atom. The number of amides is 1. The fourth-order valence-corrected chi connectivity index (χ4v) is 2.02. The minimum Gasteiger partial charge on any atom is -0.366 e. The predicted molar refractivity (Wildman–Crippen MR) is 67.3 cm³/mol. The number of fused-ring (bicyclic) bond motifs is 3. The molecule has 2 N–H and O–H groups in total. The van der Waals surface area contributed by atoms with E-state index in [1.54, 1.807) is 12.3 Å². The van der Waals surface area contributed by atoms with Crippen molar-refractivity contribution in [2.75, 3.05) is 11.4 Å². The molecule has 17 heavy (non-hydrogen) atoms. The second-order valence-electron chi connectivity index (χ2n) is 3.98. The molecule has 2 aliphatic rings. The van der Waals surface area contributed by atoms with Crippen molar-refractivity contribution in [1.29, 1.82) is 0 Å². The zero-order valence-electron chi connectivity index (χ0n) is 9.13. The van der Waals surface area contributed by atoms with E-state index in [4.69, 9.17) is 5.73 Å². The summed E-state index contributed by atoms with van der Waals surface area (Å²) in [6.07, 6.45) is 5.42. The smallest absolute Gasteiger partial charge is 0.246 e. The third-order valence-electron chi connectivity index (χ3n) is 2.92.